The van der Waals surface area contributed by atoms with Crippen molar-refractivity contribution in [2.45, 2.75) is 46.7 Å². The standard InChI is InChI=1S/C16H24N2O3Si2/c1-11(16(2,3)15(20-22-4)21-23-5)10-18-14-8-13(19)7-6-12(14)9-17-18/h6-9,11,15,19H,10H2,1-5H3/t11-/m1/s1. The molecule has 4 radical (unpaired) electrons. The second-order valence-electron chi connectivity index (χ2n) is 6.27. The average molecular weight is 349 g/mol. The molecule has 0 amide bonds. The lowest BCUT2D eigenvalue weighted by Gasteiger charge is -2.39. The molecule has 0 saturated carbocycles. The Kier molecular flexibility index (Phi) is 6.02. The number of fused-ring (bicyclic) bond motifs is 1. The summed E-state index contributed by atoms with van der Waals surface area (Å²) >= 11 is 0. The third-order valence-corrected chi connectivity index (χ3v) is 5.30. The van der Waals surface area contributed by atoms with Crippen molar-refractivity contribution in [2.75, 3.05) is 0 Å². The topological polar surface area (TPSA) is 56.5 Å². The molecule has 23 heavy (non-hydrogen) atoms. The van der Waals surface area contributed by atoms with Gasteiger partial charge in [-0.15, -0.1) is 0 Å². The van der Waals surface area contributed by atoms with E-state index in [9.17, 15) is 5.11 Å². The van der Waals surface area contributed by atoms with E-state index in [1.54, 1.807) is 12.1 Å². The molecule has 5 nitrogen and oxygen atoms in total. The summed E-state index contributed by atoms with van der Waals surface area (Å²) in [7, 11) is 0.790. The molecule has 7 heteroatoms. The first-order chi connectivity index (χ1) is 10.9. The van der Waals surface area contributed by atoms with Gasteiger partial charge in [0.05, 0.1) is 11.7 Å². The van der Waals surface area contributed by atoms with Gasteiger partial charge in [0.25, 0.3) is 0 Å². The first kappa shape index (κ1) is 18.2. The Hall–Kier alpha value is -1.16. The molecule has 0 unspecified atom stereocenters. The van der Waals surface area contributed by atoms with E-state index in [2.05, 4.69) is 25.9 Å². The van der Waals surface area contributed by atoms with Gasteiger partial charge in [0.1, 0.15) is 12.0 Å². The van der Waals surface area contributed by atoms with Crippen LogP contribution in [0.3, 0.4) is 0 Å². The third-order valence-electron chi connectivity index (χ3n) is 4.40. The molecule has 2 aromatic rings. The average Bonchev–Trinajstić information content (AvgIpc) is 2.89. The van der Waals surface area contributed by atoms with Crippen LogP contribution in [0.4, 0.5) is 0 Å². The van der Waals surface area contributed by atoms with Gasteiger partial charge in [-0.25, -0.2) is 0 Å². The fourth-order valence-electron chi connectivity index (χ4n) is 2.47. The predicted octanol–water partition coefficient (Wildman–Crippen LogP) is 3.10. The van der Waals surface area contributed by atoms with Crippen LogP contribution >= 0.6 is 0 Å². The number of benzene rings is 1. The highest BCUT2D eigenvalue weighted by Gasteiger charge is 2.36. The van der Waals surface area contributed by atoms with E-state index in [0.717, 1.165) is 17.4 Å². The molecule has 0 fully saturated rings. The molecule has 0 saturated heterocycles. The van der Waals surface area contributed by atoms with Crippen LogP contribution in [0.1, 0.15) is 20.8 Å². The first-order valence-electron chi connectivity index (χ1n) is 7.69. The van der Waals surface area contributed by atoms with Crippen LogP contribution in [0.2, 0.25) is 13.1 Å². The number of nitrogens with zero attached hydrogens (tertiary/aromatic N) is 2. The van der Waals surface area contributed by atoms with E-state index < -0.39 is 0 Å². The van der Waals surface area contributed by atoms with Gasteiger partial charge in [0.15, 0.2) is 0 Å². The lowest BCUT2D eigenvalue weighted by molar-refractivity contribution is -0.104. The number of phenolic OH excluding ortho intramolecular Hbond substituents is 1. The van der Waals surface area contributed by atoms with Crippen LogP contribution in [0.25, 0.3) is 10.9 Å². The highest BCUT2D eigenvalue weighted by atomic mass is 28.2. The van der Waals surface area contributed by atoms with Gasteiger partial charge in [-0.1, -0.05) is 20.8 Å². The summed E-state index contributed by atoms with van der Waals surface area (Å²) in [6.07, 6.45) is 1.61. The van der Waals surface area contributed by atoms with Crippen molar-refractivity contribution in [3.63, 3.8) is 0 Å². The molecule has 1 aromatic heterocycles. The fourth-order valence-corrected chi connectivity index (χ4v) is 3.70. The Labute approximate surface area is 142 Å². The summed E-state index contributed by atoms with van der Waals surface area (Å²) in [6, 6.07) is 5.33. The SMILES string of the molecule is C[Si]OC(O[Si]C)C(C)(C)[C@H](C)Cn1ncc2ccc(O)cc21. The molecule has 1 aromatic carbocycles. The second kappa shape index (κ2) is 7.61. The number of hydrogen-bond acceptors (Lipinski definition) is 4. The minimum Gasteiger partial charge on any atom is -0.508 e. The Morgan fingerprint density at radius 1 is 1.26 bits per heavy atom. The maximum Gasteiger partial charge on any atom is 0.229 e. The van der Waals surface area contributed by atoms with Crippen molar-refractivity contribution in [1.82, 2.24) is 9.78 Å². The molecule has 0 bridgehead atoms. The van der Waals surface area contributed by atoms with Crippen molar-refractivity contribution in [3.05, 3.63) is 24.4 Å². The van der Waals surface area contributed by atoms with E-state index >= 15 is 0 Å². The van der Waals surface area contributed by atoms with Crippen LogP contribution < -0.4 is 0 Å². The monoisotopic (exact) mass is 348 g/mol. The smallest absolute Gasteiger partial charge is 0.229 e. The molecule has 2 rings (SSSR count). The number of hydrogen-bond donors (Lipinski definition) is 1. The predicted molar refractivity (Wildman–Crippen MR) is 93.5 cm³/mol. The summed E-state index contributed by atoms with van der Waals surface area (Å²) in [6.45, 7) is 11.3. The zero-order valence-corrected chi connectivity index (χ0v) is 16.3. The van der Waals surface area contributed by atoms with Gasteiger partial charge in [0.2, 0.25) is 19.5 Å². The summed E-state index contributed by atoms with van der Waals surface area (Å²) in [5.74, 6) is 0.542. The summed E-state index contributed by atoms with van der Waals surface area (Å²) in [5, 5.41) is 15.2. The van der Waals surface area contributed by atoms with Gasteiger partial charge in [-0.3, -0.25) is 4.68 Å². The molecule has 0 spiro atoms. The molecular formula is C16H24N2O3Si2. The summed E-state index contributed by atoms with van der Waals surface area (Å²) in [4.78, 5) is 0. The quantitative estimate of drug-likeness (QED) is 0.588. The van der Waals surface area contributed by atoms with Gasteiger partial charge < -0.3 is 14.0 Å². The number of aromatic hydroxyl groups is 1. The molecule has 1 N–H and O–H groups in total. The maximum atomic E-state index is 9.72. The van der Waals surface area contributed by atoms with Crippen LogP contribution in [0.5, 0.6) is 5.75 Å². The molecule has 1 heterocycles. The number of rotatable bonds is 8. The van der Waals surface area contributed by atoms with E-state index in [-0.39, 0.29) is 23.4 Å². The first-order valence-corrected chi connectivity index (χ1v) is 10.5. The Bertz CT molecular complexity index is 639. The molecule has 0 aliphatic heterocycles. The van der Waals surface area contributed by atoms with Crippen LogP contribution in [0.15, 0.2) is 24.4 Å². The van der Waals surface area contributed by atoms with Crippen molar-refractivity contribution >= 4 is 30.4 Å². The molecular weight excluding hydrogens is 324 g/mol. The van der Waals surface area contributed by atoms with E-state index in [1.165, 1.54) is 0 Å². The second-order valence-corrected chi connectivity index (χ2v) is 7.56. The van der Waals surface area contributed by atoms with Gasteiger partial charge in [0, 0.05) is 23.4 Å². The molecule has 0 aliphatic carbocycles. The summed E-state index contributed by atoms with van der Waals surface area (Å²) < 4.78 is 13.6. The lowest BCUT2D eigenvalue weighted by Crippen LogP contribution is -2.42. The molecule has 124 valence electrons. The van der Waals surface area contributed by atoms with Crippen molar-refractivity contribution in [3.8, 4) is 5.75 Å². The van der Waals surface area contributed by atoms with Crippen molar-refractivity contribution in [1.29, 1.82) is 0 Å². The highest BCUT2D eigenvalue weighted by Crippen LogP contribution is 2.35. The van der Waals surface area contributed by atoms with Crippen LogP contribution in [-0.4, -0.2) is 40.7 Å². The minimum atomic E-state index is -0.223. The molecule has 1 atom stereocenters. The lowest BCUT2D eigenvalue weighted by atomic mass is 9.79. The number of phenols is 1. The van der Waals surface area contributed by atoms with Crippen LogP contribution in [0, 0.1) is 11.3 Å². The third kappa shape index (κ3) is 4.03. The van der Waals surface area contributed by atoms with Gasteiger partial charge in [-0.05, 0) is 31.1 Å². The normalized spacial score (nSPS) is 13.8. The maximum absolute atomic E-state index is 9.72. The van der Waals surface area contributed by atoms with E-state index in [4.69, 9.17) is 8.85 Å². The minimum absolute atomic E-state index is 0.152. The zero-order chi connectivity index (χ0) is 17.0. The molecule has 0 aliphatic rings. The van der Waals surface area contributed by atoms with Crippen molar-refractivity contribution < 1.29 is 14.0 Å². The Morgan fingerprint density at radius 2 is 1.91 bits per heavy atom. The summed E-state index contributed by atoms with van der Waals surface area (Å²) in [5.41, 5.74) is 0.793. The fraction of sp³-hybridized carbons (Fsp3) is 0.562. The van der Waals surface area contributed by atoms with Gasteiger partial charge in [-0.2, -0.15) is 5.10 Å². The largest absolute Gasteiger partial charge is 0.508 e. The Morgan fingerprint density at radius 3 is 2.52 bits per heavy atom. The van der Waals surface area contributed by atoms with E-state index in [1.807, 2.05) is 30.0 Å². The Balaban J connectivity index is 2.21. The van der Waals surface area contributed by atoms with Crippen molar-refractivity contribution in [2.24, 2.45) is 11.3 Å². The van der Waals surface area contributed by atoms with E-state index in [0.29, 0.717) is 19.5 Å². The number of aromatic nitrogens is 2. The van der Waals surface area contributed by atoms with Crippen LogP contribution in [-0.2, 0) is 15.4 Å². The highest BCUT2D eigenvalue weighted by molar-refractivity contribution is 6.26. The zero-order valence-electron chi connectivity index (χ0n) is 14.3. The van der Waals surface area contributed by atoms with Gasteiger partial charge >= 0.3 is 0 Å².